The zero-order valence-corrected chi connectivity index (χ0v) is 12.6. The molecule has 112 valence electrons. The molecular formula is C19H20N2O. The molecular weight excluding hydrogens is 272 g/mol. The van der Waals surface area contributed by atoms with E-state index in [1.807, 2.05) is 59.5 Å². The van der Waals surface area contributed by atoms with Gasteiger partial charge in [-0.1, -0.05) is 36.8 Å². The molecule has 2 aromatic rings. The van der Waals surface area contributed by atoms with E-state index in [0.29, 0.717) is 0 Å². The summed E-state index contributed by atoms with van der Waals surface area (Å²) in [6.45, 7) is 0. The molecule has 1 aliphatic carbocycles. The molecule has 1 N–H and O–H groups in total. The number of benzene rings is 2. The second-order valence-electron chi connectivity index (χ2n) is 6.24. The van der Waals surface area contributed by atoms with Crippen LogP contribution in [-0.2, 0) is 0 Å². The predicted octanol–water partition coefficient (Wildman–Crippen LogP) is 4.42. The van der Waals surface area contributed by atoms with Crippen molar-refractivity contribution in [1.29, 1.82) is 0 Å². The lowest BCUT2D eigenvalue weighted by atomic mass is 9.84. The van der Waals surface area contributed by atoms with E-state index >= 15 is 0 Å². The number of hydrogen-bond acceptors (Lipinski definition) is 2. The average Bonchev–Trinajstić information content (AvgIpc) is 2.57. The normalized spacial score (nSPS) is 19.6. The fourth-order valence-corrected chi connectivity index (χ4v) is 3.83. The first-order valence-corrected chi connectivity index (χ1v) is 8.07. The standard InChI is InChI=1S/C19H20N2O/c22-18-16-11-5-6-12-17(16)20-19(13-7-2-8-14-19)21(18)15-9-3-1-4-10-15/h1,3-6,9-12,20H,2,7-8,13-14H2. The molecule has 0 aromatic heterocycles. The first kappa shape index (κ1) is 13.4. The maximum Gasteiger partial charge on any atom is 0.262 e. The van der Waals surface area contributed by atoms with Crippen LogP contribution in [0.15, 0.2) is 54.6 Å². The fraction of sp³-hybridized carbons (Fsp3) is 0.316. The van der Waals surface area contributed by atoms with E-state index in [4.69, 9.17) is 0 Å². The number of para-hydroxylation sites is 2. The molecule has 4 rings (SSSR count). The van der Waals surface area contributed by atoms with Gasteiger partial charge in [0, 0.05) is 11.4 Å². The van der Waals surface area contributed by atoms with Gasteiger partial charge in [-0.15, -0.1) is 0 Å². The van der Waals surface area contributed by atoms with Gasteiger partial charge in [0.2, 0.25) is 0 Å². The number of carbonyl (C=O) groups excluding carboxylic acids is 1. The minimum atomic E-state index is -0.273. The molecule has 0 unspecified atom stereocenters. The molecule has 2 aliphatic rings. The minimum Gasteiger partial charge on any atom is -0.362 e. The van der Waals surface area contributed by atoms with Gasteiger partial charge in [-0.25, -0.2) is 0 Å². The van der Waals surface area contributed by atoms with Crippen LogP contribution < -0.4 is 10.2 Å². The molecule has 1 fully saturated rings. The van der Waals surface area contributed by atoms with Gasteiger partial charge in [-0.3, -0.25) is 9.69 Å². The second kappa shape index (κ2) is 5.16. The Morgan fingerprint density at radius 1 is 0.864 bits per heavy atom. The number of fused-ring (bicyclic) bond motifs is 1. The molecule has 1 saturated carbocycles. The number of rotatable bonds is 1. The maximum absolute atomic E-state index is 13.2. The minimum absolute atomic E-state index is 0.113. The quantitative estimate of drug-likeness (QED) is 0.844. The Hall–Kier alpha value is -2.29. The largest absolute Gasteiger partial charge is 0.362 e. The van der Waals surface area contributed by atoms with Crippen molar-refractivity contribution in [3.05, 3.63) is 60.2 Å². The van der Waals surface area contributed by atoms with Crippen LogP contribution in [0.4, 0.5) is 11.4 Å². The number of anilines is 2. The summed E-state index contributed by atoms with van der Waals surface area (Å²) < 4.78 is 0. The van der Waals surface area contributed by atoms with Crippen LogP contribution in [0.2, 0.25) is 0 Å². The smallest absolute Gasteiger partial charge is 0.262 e. The molecule has 0 bridgehead atoms. The fourth-order valence-electron chi connectivity index (χ4n) is 3.83. The predicted molar refractivity (Wildman–Crippen MR) is 89.1 cm³/mol. The average molecular weight is 292 g/mol. The molecule has 3 nitrogen and oxygen atoms in total. The molecule has 22 heavy (non-hydrogen) atoms. The lowest BCUT2D eigenvalue weighted by Gasteiger charge is -2.50. The van der Waals surface area contributed by atoms with Crippen LogP contribution >= 0.6 is 0 Å². The first-order chi connectivity index (χ1) is 10.8. The molecule has 0 saturated heterocycles. The van der Waals surface area contributed by atoms with Gasteiger partial charge < -0.3 is 5.32 Å². The van der Waals surface area contributed by atoms with Crippen LogP contribution in [0.3, 0.4) is 0 Å². The van der Waals surface area contributed by atoms with Gasteiger partial charge in [0.15, 0.2) is 0 Å². The first-order valence-electron chi connectivity index (χ1n) is 8.07. The van der Waals surface area contributed by atoms with E-state index < -0.39 is 0 Å². The summed E-state index contributed by atoms with van der Waals surface area (Å²) in [5, 5.41) is 3.70. The van der Waals surface area contributed by atoms with Crippen LogP contribution in [-0.4, -0.2) is 11.6 Å². The number of nitrogens with one attached hydrogen (secondary N) is 1. The van der Waals surface area contributed by atoms with Crippen LogP contribution in [0.25, 0.3) is 0 Å². The van der Waals surface area contributed by atoms with Crippen LogP contribution in [0, 0.1) is 0 Å². The Morgan fingerprint density at radius 2 is 1.55 bits per heavy atom. The number of hydrogen-bond donors (Lipinski definition) is 1. The third-order valence-electron chi connectivity index (χ3n) is 4.85. The zero-order chi connectivity index (χ0) is 15.0. The Morgan fingerprint density at radius 3 is 2.32 bits per heavy atom. The summed E-state index contributed by atoms with van der Waals surface area (Å²) in [7, 11) is 0. The van der Waals surface area contributed by atoms with Gasteiger partial charge in [-0.05, 0) is 49.9 Å². The summed E-state index contributed by atoms with van der Waals surface area (Å²) in [5.41, 5.74) is 2.45. The second-order valence-corrected chi connectivity index (χ2v) is 6.24. The van der Waals surface area contributed by atoms with Crippen molar-refractivity contribution in [3.63, 3.8) is 0 Å². The molecule has 1 heterocycles. The highest BCUT2D eigenvalue weighted by Crippen LogP contribution is 2.42. The van der Waals surface area contributed by atoms with E-state index in [-0.39, 0.29) is 11.6 Å². The molecule has 0 radical (unpaired) electrons. The highest BCUT2D eigenvalue weighted by atomic mass is 16.2. The Balaban J connectivity index is 1.87. The van der Waals surface area contributed by atoms with Crippen molar-refractivity contribution in [2.45, 2.75) is 37.8 Å². The van der Waals surface area contributed by atoms with E-state index in [1.165, 1.54) is 6.42 Å². The monoisotopic (exact) mass is 292 g/mol. The van der Waals surface area contributed by atoms with Crippen LogP contribution in [0.5, 0.6) is 0 Å². The molecule has 2 aromatic carbocycles. The SMILES string of the molecule is O=C1c2ccccc2NC2(CCCCC2)N1c1ccccc1. The molecule has 1 amide bonds. The topological polar surface area (TPSA) is 32.3 Å². The number of amides is 1. The van der Waals surface area contributed by atoms with Gasteiger partial charge >= 0.3 is 0 Å². The highest BCUT2D eigenvalue weighted by molar-refractivity contribution is 6.12. The highest BCUT2D eigenvalue weighted by Gasteiger charge is 2.45. The summed E-state index contributed by atoms with van der Waals surface area (Å²) in [6.07, 6.45) is 5.57. The zero-order valence-electron chi connectivity index (χ0n) is 12.6. The Kier molecular flexibility index (Phi) is 3.14. The summed E-state index contributed by atoms with van der Waals surface area (Å²) >= 11 is 0. The van der Waals surface area contributed by atoms with Crippen molar-refractivity contribution in [1.82, 2.24) is 0 Å². The van der Waals surface area contributed by atoms with E-state index in [2.05, 4.69) is 5.32 Å². The number of carbonyl (C=O) groups is 1. The Bertz CT molecular complexity index is 690. The molecule has 3 heteroatoms. The van der Waals surface area contributed by atoms with Crippen molar-refractivity contribution in [2.75, 3.05) is 10.2 Å². The van der Waals surface area contributed by atoms with Gasteiger partial charge in [0.05, 0.1) is 5.56 Å². The Labute approximate surface area is 131 Å². The third kappa shape index (κ3) is 2.00. The van der Waals surface area contributed by atoms with Gasteiger partial charge in [-0.2, -0.15) is 0 Å². The summed E-state index contributed by atoms with van der Waals surface area (Å²) in [5.74, 6) is 0.113. The lowest BCUT2D eigenvalue weighted by Crippen LogP contribution is -2.61. The van der Waals surface area contributed by atoms with Gasteiger partial charge in [0.1, 0.15) is 5.66 Å². The lowest BCUT2D eigenvalue weighted by molar-refractivity contribution is 0.0938. The van der Waals surface area contributed by atoms with E-state index in [0.717, 1.165) is 42.6 Å². The summed E-state index contributed by atoms with van der Waals surface area (Å²) in [4.78, 5) is 15.2. The van der Waals surface area contributed by atoms with Crippen LogP contribution in [0.1, 0.15) is 42.5 Å². The van der Waals surface area contributed by atoms with E-state index in [1.54, 1.807) is 0 Å². The maximum atomic E-state index is 13.2. The number of nitrogens with zero attached hydrogens (tertiary/aromatic N) is 1. The van der Waals surface area contributed by atoms with Crippen molar-refractivity contribution in [2.24, 2.45) is 0 Å². The molecule has 1 aliphatic heterocycles. The molecule has 0 atom stereocenters. The van der Waals surface area contributed by atoms with E-state index in [9.17, 15) is 4.79 Å². The van der Waals surface area contributed by atoms with Crippen molar-refractivity contribution >= 4 is 17.3 Å². The van der Waals surface area contributed by atoms with Crippen molar-refractivity contribution < 1.29 is 4.79 Å². The van der Waals surface area contributed by atoms with Gasteiger partial charge in [0.25, 0.3) is 5.91 Å². The van der Waals surface area contributed by atoms with Crippen molar-refractivity contribution in [3.8, 4) is 0 Å². The summed E-state index contributed by atoms with van der Waals surface area (Å²) in [6, 6.07) is 17.9. The third-order valence-corrected chi connectivity index (χ3v) is 4.85. The molecule has 1 spiro atoms.